The Morgan fingerprint density at radius 1 is 1.37 bits per heavy atom. The lowest BCUT2D eigenvalue weighted by Gasteiger charge is -2.24. The molecule has 0 spiro atoms. The second-order valence-electron chi connectivity index (χ2n) is 4.74. The minimum absolute atomic E-state index is 0.0207. The van der Waals surface area contributed by atoms with Gasteiger partial charge < -0.3 is 10.2 Å². The first-order chi connectivity index (χ1) is 9.11. The summed E-state index contributed by atoms with van der Waals surface area (Å²) in [6.45, 7) is 3.07. The summed E-state index contributed by atoms with van der Waals surface area (Å²) >= 11 is 0. The highest BCUT2D eigenvalue weighted by Gasteiger charge is 2.16. The first kappa shape index (κ1) is 13.8. The average Bonchev–Trinajstić information content (AvgIpc) is 2.86. The zero-order valence-corrected chi connectivity index (χ0v) is 11.3. The molecule has 0 aliphatic heterocycles. The van der Waals surface area contributed by atoms with Crippen LogP contribution in [-0.4, -0.2) is 11.9 Å². The van der Waals surface area contributed by atoms with E-state index >= 15 is 0 Å². The fraction of sp³-hybridized carbons (Fsp3) is 0.333. The minimum Gasteiger partial charge on any atom is -0.468 e. The average molecular weight is 262 g/mol. The van der Waals surface area contributed by atoms with Crippen molar-refractivity contribution in [3.05, 3.63) is 59.3 Å². The van der Waals surface area contributed by atoms with Crippen molar-refractivity contribution in [3.8, 4) is 0 Å². The summed E-state index contributed by atoms with van der Waals surface area (Å²) in [7, 11) is 1.95. The normalized spacial score (nSPS) is 12.9. The van der Waals surface area contributed by atoms with E-state index in [9.17, 15) is 4.39 Å². The Balaban J connectivity index is 2.07. The van der Waals surface area contributed by atoms with E-state index in [2.05, 4.69) is 0 Å². The standard InChI is InChI=1S/C15H19FN2O/c1-11(14-5-3-4-6-15(14)16)18(2)9-13-7-12(8-17)10-19-13/h3-7,10-11H,8-9,17H2,1-2H3. The fourth-order valence-electron chi connectivity index (χ4n) is 2.05. The Bertz CT molecular complexity index is 538. The molecular weight excluding hydrogens is 243 g/mol. The van der Waals surface area contributed by atoms with Gasteiger partial charge >= 0.3 is 0 Å². The second-order valence-corrected chi connectivity index (χ2v) is 4.74. The zero-order valence-electron chi connectivity index (χ0n) is 11.3. The smallest absolute Gasteiger partial charge is 0.127 e. The van der Waals surface area contributed by atoms with Gasteiger partial charge in [0.2, 0.25) is 0 Å². The molecule has 0 fully saturated rings. The number of halogens is 1. The van der Waals surface area contributed by atoms with Crippen molar-refractivity contribution in [1.82, 2.24) is 4.90 Å². The molecule has 0 aliphatic rings. The molecule has 0 saturated carbocycles. The molecule has 1 aromatic heterocycles. The Morgan fingerprint density at radius 2 is 2.11 bits per heavy atom. The highest BCUT2D eigenvalue weighted by atomic mass is 19.1. The predicted octanol–water partition coefficient (Wildman–Crippen LogP) is 3.07. The number of hydrogen-bond acceptors (Lipinski definition) is 3. The molecule has 1 unspecified atom stereocenters. The van der Waals surface area contributed by atoms with Gasteiger partial charge in [-0.25, -0.2) is 4.39 Å². The summed E-state index contributed by atoms with van der Waals surface area (Å²) in [6, 6.07) is 8.76. The second kappa shape index (κ2) is 5.99. The summed E-state index contributed by atoms with van der Waals surface area (Å²) in [5, 5.41) is 0. The number of benzene rings is 1. The molecule has 3 nitrogen and oxygen atoms in total. The molecule has 1 atom stereocenters. The van der Waals surface area contributed by atoms with E-state index < -0.39 is 0 Å². The third kappa shape index (κ3) is 3.22. The molecule has 0 aliphatic carbocycles. The van der Waals surface area contributed by atoms with E-state index in [1.54, 1.807) is 12.3 Å². The number of rotatable bonds is 5. The van der Waals surface area contributed by atoms with Crippen molar-refractivity contribution >= 4 is 0 Å². The van der Waals surface area contributed by atoms with Gasteiger partial charge in [0, 0.05) is 23.7 Å². The number of furan rings is 1. The maximum absolute atomic E-state index is 13.7. The van der Waals surface area contributed by atoms with Crippen LogP contribution in [0.2, 0.25) is 0 Å². The van der Waals surface area contributed by atoms with Crippen LogP contribution in [0.4, 0.5) is 4.39 Å². The number of hydrogen-bond donors (Lipinski definition) is 1. The Labute approximate surface area is 112 Å². The topological polar surface area (TPSA) is 42.4 Å². The molecule has 1 aromatic carbocycles. The van der Waals surface area contributed by atoms with E-state index in [1.165, 1.54) is 6.07 Å². The molecule has 0 bridgehead atoms. The van der Waals surface area contributed by atoms with Gasteiger partial charge in [0.25, 0.3) is 0 Å². The van der Waals surface area contributed by atoms with E-state index in [4.69, 9.17) is 10.2 Å². The van der Waals surface area contributed by atoms with E-state index in [1.807, 2.05) is 37.1 Å². The van der Waals surface area contributed by atoms with Crippen LogP contribution in [-0.2, 0) is 13.1 Å². The van der Waals surface area contributed by atoms with Crippen LogP contribution >= 0.6 is 0 Å². The quantitative estimate of drug-likeness (QED) is 0.900. The molecule has 2 rings (SSSR count). The summed E-state index contributed by atoms with van der Waals surface area (Å²) in [5.74, 6) is 0.662. The third-order valence-corrected chi connectivity index (χ3v) is 3.37. The van der Waals surface area contributed by atoms with Crippen molar-refractivity contribution in [2.75, 3.05) is 7.05 Å². The van der Waals surface area contributed by atoms with Crippen molar-refractivity contribution in [1.29, 1.82) is 0 Å². The van der Waals surface area contributed by atoms with Gasteiger partial charge in [-0.2, -0.15) is 0 Å². The summed E-state index contributed by atoms with van der Waals surface area (Å²) in [4.78, 5) is 2.04. The molecule has 102 valence electrons. The SMILES string of the molecule is CC(c1ccccc1F)N(C)Cc1cc(CN)co1. The van der Waals surface area contributed by atoms with E-state index in [0.29, 0.717) is 18.7 Å². The van der Waals surface area contributed by atoms with Crippen LogP contribution in [0.5, 0.6) is 0 Å². The summed E-state index contributed by atoms with van der Waals surface area (Å²) < 4.78 is 19.2. The van der Waals surface area contributed by atoms with Crippen LogP contribution in [0, 0.1) is 5.82 Å². The maximum Gasteiger partial charge on any atom is 0.127 e. The first-order valence-electron chi connectivity index (χ1n) is 6.33. The molecule has 1 heterocycles. The molecular formula is C15H19FN2O. The lowest BCUT2D eigenvalue weighted by atomic mass is 10.1. The summed E-state index contributed by atoms with van der Waals surface area (Å²) in [5.41, 5.74) is 7.21. The van der Waals surface area contributed by atoms with Crippen LogP contribution in [0.1, 0.15) is 29.9 Å². The lowest BCUT2D eigenvalue weighted by molar-refractivity contribution is 0.228. The highest BCUT2D eigenvalue weighted by Crippen LogP contribution is 2.23. The predicted molar refractivity (Wildman–Crippen MR) is 72.9 cm³/mol. The van der Waals surface area contributed by atoms with Gasteiger partial charge in [0.1, 0.15) is 11.6 Å². The molecule has 2 aromatic rings. The number of nitrogens with zero attached hydrogens (tertiary/aromatic N) is 1. The molecule has 0 saturated heterocycles. The van der Waals surface area contributed by atoms with E-state index in [0.717, 1.165) is 11.3 Å². The summed E-state index contributed by atoms with van der Waals surface area (Å²) in [6.07, 6.45) is 1.66. The Hall–Kier alpha value is -1.65. The Morgan fingerprint density at radius 3 is 2.74 bits per heavy atom. The van der Waals surface area contributed by atoms with Gasteiger partial charge in [-0.3, -0.25) is 4.90 Å². The fourth-order valence-corrected chi connectivity index (χ4v) is 2.05. The van der Waals surface area contributed by atoms with Gasteiger partial charge in [-0.05, 0) is 26.1 Å². The van der Waals surface area contributed by atoms with Gasteiger partial charge in [0.15, 0.2) is 0 Å². The van der Waals surface area contributed by atoms with Crippen LogP contribution in [0.25, 0.3) is 0 Å². The van der Waals surface area contributed by atoms with Crippen LogP contribution in [0.3, 0.4) is 0 Å². The zero-order chi connectivity index (χ0) is 13.8. The molecule has 4 heteroatoms. The van der Waals surface area contributed by atoms with Gasteiger partial charge in [-0.1, -0.05) is 18.2 Å². The van der Waals surface area contributed by atoms with E-state index in [-0.39, 0.29) is 11.9 Å². The minimum atomic E-state index is -0.177. The van der Waals surface area contributed by atoms with Crippen molar-refractivity contribution in [2.45, 2.75) is 26.1 Å². The highest BCUT2D eigenvalue weighted by molar-refractivity contribution is 5.21. The van der Waals surface area contributed by atoms with Crippen LogP contribution in [0.15, 0.2) is 41.0 Å². The monoisotopic (exact) mass is 262 g/mol. The number of nitrogens with two attached hydrogens (primary N) is 1. The van der Waals surface area contributed by atoms with Crippen molar-refractivity contribution in [3.63, 3.8) is 0 Å². The van der Waals surface area contributed by atoms with Gasteiger partial charge in [-0.15, -0.1) is 0 Å². The third-order valence-electron chi connectivity index (χ3n) is 3.37. The molecule has 0 amide bonds. The Kier molecular flexibility index (Phi) is 4.35. The molecule has 2 N–H and O–H groups in total. The van der Waals surface area contributed by atoms with Crippen molar-refractivity contribution < 1.29 is 8.81 Å². The lowest BCUT2D eigenvalue weighted by Crippen LogP contribution is -2.22. The molecule has 19 heavy (non-hydrogen) atoms. The first-order valence-corrected chi connectivity index (χ1v) is 6.33. The van der Waals surface area contributed by atoms with Crippen molar-refractivity contribution in [2.24, 2.45) is 5.73 Å². The maximum atomic E-state index is 13.7. The van der Waals surface area contributed by atoms with Gasteiger partial charge in [0.05, 0.1) is 12.8 Å². The van der Waals surface area contributed by atoms with Crippen LogP contribution < -0.4 is 5.73 Å². The molecule has 0 radical (unpaired) electrons. The largest absolute Gasteiger partial charge is 0.468 e.